The summed E-state index contributed by atoms with van der Waals surface area (Å²) in [5, 5.41) is 2.94. The number of rotatable bonds is 25. The Labute approximate surface area is 627 Å². The van der Waals surface area contributed by atoms with E-state index < -0.39 is 64.6 Å². The molecule has 5 amide bonds. The molecule has 2 atom stereocenters. The Kier molecular flexibility index (Phi) is 28.6. The molecular formula is C79H90Cl3F7N8O8. The maximum Gasteiger partial charge on any atom is 0.416 e. The van der Waals surface area contributed by atoms with Crippen LogP contribution in [0.4, 0.5) is 41.2 Å². The van der Waals surface area contributed by atoms with Crippen molar-refractivity contribution in [2.75, 3.05) is 119 Å². The number of piperidine rings is 2. The minimum Gasteiger partial charge on any atom is -0.446 e. The number of anilines is 1. The molecule has 105 heavy (non-hydrogen) atoms. The van der Waals surface area contributed by atoms with Gasteiger partial charge in [0.05, 0.1) is 29.5 Å². The van der Waals surface area contributed by atoms with E-state index in [1.54, 1.807) is 28.8 Å². The Morgan fingerprint density at radius 2 is 1.23 bits per heavy atom. The van der Waals surface area contributed by atoms with Gasteiger partial charge in [-0.05, 0) is 166 Å². The van der Waals surface area contributed by atoms with Crippen LogP contribution in [0, 0.1) is 5.82 Å². The lowest BCUT2D eigenvalue weighted by Gasteiger charge is -2.44. The number of nitrogens with zero attached hydrogens (tertiary/aromatic N) is 7. The van der Waals surface area contributed by atoms with Crippen molar-refractivity contribution >= 4 is 72.6 Å². The fourth-order valence-corrected chi connectivity index (χ4v) is 14.5. The lowest BCUT2D eigenvalue weighted by Crippen LogP contribution is -2.50. The Hall–Kier alpha value is -8.13. The highest BCUT2D eigenvalue weighted by molar-refractivity contribution is 5.96. The standard InChI is InChI=1S/C79H87F7N8O8.3ClH/c1-88(51-56-14-12-18-60(46-56)73(97)91(4)44-45-92-39-31-66(32-40-92)102-75(99)87-69-21-11-9-19-67(69)57-15-6-5-7-16-57)38-30-55-22-24-58(25-23-55)72(96)90(3)37-13-36-89(2)71(95)52-100-70-49-59-17-8-10-20-68(59)76(70)33-41-93(42-34-76)43-35-77(62-26-28-65(80)29-27-62)53-94(54-101-77)74(98)61-47-63(78(81,82)83)50-64(48-61)79(84,85)86;;;/h5-12,14-29,46-48,50,66,70H,13,30-45,49,51-54H2,1-4H3,(H,87,99);3*1H/t70-,77+;;;/m0.../s1. The van der Waals surface area contributed by atoms with Gasteiger partial charge in [0.15, 0.2) is 0 Å². The van der Waals surface area contributed by atoms with E-state index in [-0.39, 0.29) is 92.8 Å². The van der Waals surface area contributed by atoms with Crippen LogP contribution < -0.4 is 5.32 Å². The van der Waals surface area contributed by atoms with Gasteiger partial charge < -0.3 is 48.5 Å². The fourth-order valence-electron chi connectivity index (χ4n) is 14.5. The molecule has 3 aliphatic heterocycles. The van der Waals surface area contributed by atoms with Gasteiger partial charge in [-0.15, -0.1) is 37.2 Å². The lowest BCUT2D eigenvalue weighted by molar-refractivity contribution is -0.143. The van der Waals surface area contributed by atoms with E-state index in [9.17, 15) is 54.7 Å². The van der Waals surface area contributed by atoms with Crippen molar-refractivity contribution in [2.45, 2.75) is 93.5 Å². The van der Waals surface area contributed by atoms with Gasteiger partial charge in [-0.1, -0.05) is 109 Å². The van der Waals surface area contributed by atoms with Gasteiger partial charge in [-0.25, -0.2) is 9.18 Å². The molecule has 4 aliphatic rings. The normalized spacial score (nSPS) is 17.4. The van der Waals surface area contributed by atoms with Gasteiger partial charge in [0, 0.05) is 108 Å². The first-order valence-electron chi connectivity index (χ1n) is 34.7. The highest BCUT2D eigenvalue weighted by Crippen LogP contribution is 2.49. The van der Waals surface area contributed by atoms with Crippen molar-refractivity contribution in [1.29, 1.82) is 0 Å². The largest absolute Gasteiger partial charge is 0.446 e. The molecule has 0 unspecified atom stereocenters. The molecule has 26 heteroatoms. The van der Waals surface area contributed by atoms with Crippen LogP contribution in [0.15, 0.2) is 170 Å². The van der Waals surface area contributed by atoms with Gasteiger partial charge >= 0.3 is 18.4 Å². The van der Waals surface area contributed by atoms with Crippen LogP contribution in [0.3, 0.4) is 0 Å². The maximum absolute atomic E-state index is 14.3. The van der Waals surface area contributed by atoms with Gasteiger partial charge in [-0.2, -0.15) is 26.3 Å². The molecule has 1 aliphatic carbocycles. The second-order valence-corrected chi connectivity index (χ2v) is 27.5. The summed E-state index contributed by atoms with van der Waals surface area (Å²) in [5.41, 5.74) is 3.01. The van der Waals surface area contributed by atoms with Crippen LogP contribution in [-0.4, -0.2) is 190 Å². The number of likely N-dealkylation sites (N-methyl/N-ethyl adjacent to an activating group) is 3. The van der Waals surface area contributed by atoms with Crippen LogP contribution in [-0.2, 0) is 61.8 Å². The average molecular weight is 1520 g/mol. The van der Waals surface area contributed by atoms with E-state index in [1.165, 1.54) is 24.3 Å². The first-order chi connectivity index (χ1) is 48.8. The van der Waals surface area contributed by atoms with E-state index in [4.69, 9.17) is 14.2 Å². The van der Waals surface area contributed by atoms with E-state index in [0.29, 0.717) is 125 Å². The second-order valence-electron chi connectivity index (χ2n) is 27.5. The van der Waals surface area contributed by atoms with Crippen molar-refractivity contribution in [3.63, 3.8) is 0 Å². The van der Waals surface area contributed by atoms with E-state index in [1.807, 2.05) is 129 Å². The fraction of sp³-hybridized carbons (Fsp3) is 0.405. The Bertz CT molecular complexity index is 4040. The van der Waals surface area contributed by atoms with Crippen molar-refractivity contribution < 1.29 is 68.9 Å². The Morgan fingerprint density at radius 3 is 1.91 bits per heavy atom. The van der Waals surface area contributed by atoms with Crippen LogP contribution in [0.2, 0.25) is 0 Å². The molecule has 16 nitrogen and oxygen atoms in total. The van der Waals surface area contributed by atoms with Gasteiger partial charge in [-0.3, -0.25) is 24.5 Å². The average Bonchev–Trinajstić information content (AvgIpc) is 1.63. The Balaban J connectivity index is 0.00000465. The molecule has 0 bridgehead atoms. The Morgan fingerprint density at radius 1 is 0.610 bits per heavy atom. The number of nitrogens with one attached hydrogen (secondary N) is 1. The molecule has 3 saturated heterocycles. The van der Waals surface area contributed by atoms with Gasteiger partial charge in [0.1, 0.15) is 30.9 Å². The molecule has 3 heterocycles. The van der Waals surface area contributed by atoms with Gasteiger partial charge in [0.2, 0.25) is 5.91 Å². The third-order valence-electron chi connectivity index (χ3n) is 20.5. The van der Waals surface area contributed by atoms with E-state index >= 15 is 0 Å². The minimum absolute atomic E-state index is 0. The topological polar surface area (TPSA) is 148 Å². The SMILES string of the molecule is CN(CCc1ccc(C(=O)N(C)CCCN(C)C(=O)CO[C@H]2Cc3ccccc3C23CCN(CC[C@]2(c4ccc(F)cc4)CN(C(=O)c4cc(C(F)(F)F)cc(C(F)(F)F)c4)CO2)CC3)cc1)Cc1cccc(C(=O)N(C)CCN2CCC(OC(=O)Nc3ccccc3-c3ccccc3)CC2)c1.Cl.Cl.Cl. The number of ether oxygens (including phenoxy) is 3. The zero-order valence-electron chi connectivity index (χ0n) is 59.1. The quantitative estimate of drug-likeness (QED) is 0.0545. The number of hydrogen-bond donors (Lipinski definition) is 1. The monoisotopic (exact) mass is 1520 g/mol. The summed E-state index contributed by atoms with van der Waals surface area (Å²) in [6, 6.07) is 47.3. The highest BCUT2D eigenvalue weighted by Gasteiger charge is 2.50. The summed E-state index contributed by atoms with van der Waals surface area (Å²) in [6.07, 6.45) is -6.37. The predicted molar refractivity (Wildman–Crippen MR) is 396 cm³/mol. The number of para-hydroxylation sites is 1. The number of likely N-dealkylation sites (tertiary alicyclic amines) is 2. The number of carbonyl (C=O) groups excluding carboxylic acids is 5. The maximum atomic E-state index is 14.3. The number of benzene rings is 7. The first kappa shape index (κ1) is 82.5. The second kappa shape index (κ2) is 36.4. The molecule has 1 N–H and O–H groups in total. The summed E-state index contributed by atoms with van der Waals surface area (Å²) in [7, 11) is 7.34. The molecule has 0 radical (unpaired) electrons. The summed E-state index contributed by atoms with van der Waals surface area (Å²) in [5.74, 6) is -1.98. The molecule has 7 aromatic rings. The van der Waals surface area contributed by atoms with Crippen molar-refractivity contribution in [1.82, 2.24) is 34.3 Å². The number of carbonyl (C=O) groups is 5. The number of fused-ring (bicyclic) bond motifs is 2. The summed E-state index contributed by atoms with van der Waals surface area (Å²) in [4.78, 5) is 80.5. The minimum atomic E-state index is -5.15. The summed E-state index contributed by atoms with van der Waals surface area (Å²) < 4.78 is 116. The highest BCUT2D eigenvalue weighted by atomic mass is 35.5. The molecular weight excluding hydrogens is 1430 g/mol. The zero-order valence-corrected chi connectivity index (χ0v) is 61.6. The van der Waals surface area contributed by atoms with Crippen LogP contribution in [0.25, 0.3) is 11.1 Å². The molecule has 3 fully saturated rings. The van der Waals surface area contributed by atoms with Crippen molar-refractivity contribution in [3.8, 4) is 11.1 Å². The first-order valence-corrected chi connectivity index (χ1v) is 34.7. The van der Waals surface area contributed by atoms with Crippen molar-refractivity contribution in [3.05, 3.63) is 231 Å². The summed E-state index contributed by atoms with van der Waals surface area (Å²) in [6.45, 7) is 5.80. The predicted octanol–water partition coefficient (Wildman–Crippen LogP) is 14.6. The molecule has 0 saturated carbocycles. The van der Waals surface area contributed by atoms with Gasteiger partial charge in [0.25, 0.3) is 17.7 Å². The molecule has 564 valence electrons. The van der Waals surface area contributed by atoms with Crippen molar-refractivity contribution in [2.24, 2.45) is 0 Å². The molecule has 11 rings (SSSR count). The molecule has 1 spiro atoms. The lowest BCUT2D eigenvalue weighted by atomic mass is 9.72. The molecule has 7 aromatic carbocycles. The van der Waals surface area contributed by atoms with Crippen LogP contribution in [0.5, 0.6) is 0 Å². The summed E-state index contributed by atoms with van der Waals surface area (Å²) >= 11 is 0. The number of hydrogen-bond acceptors (Lipinski definition) is 11. The van der Waals surface area contributed by atoms with Crippen LogP contribution >= 0.6 is 37.2 Å². The van der Waals surface area contributed by atoms with Crippen LogP contribution in [0.1, 0.15) is 109 Å². The third kappa shape index (κ3) is 20.7. The smallest absolute Gasteiger partial charge is 0.416 e. The number of amides is 5. The number of alkyl halides is 6. The number of halogens is 10. The van der Waals surface area contributed by atoms with E-state index in [2.05, 4.69) is 32.1 Å². The zero-order chi connectivity index (χ0) is 72.3. The third-order valence-corrected chi connectivity index (χ3v) is 20.5. The molecule has 0 aromatic heterocycles. The van der Waals surface area contributed by atoms with E-state index in [0.717, 1.165) is 64.3 Å².